The van der Waals surface area contributed by atoms with Crippen LogP contribution >= 0.6 is 0 Å². The number of methoxy groups -OCH3 is 1. The van der Waals surface area contributed by atoms with E-state index in [2.05, 4.69) is 20.6 Å². The molecular formula is C16H20N4O4. The van der Waals surface area contributed by atoms with Gasteiger partial charge in [-0.15, -0.1) is 0 Å². The molecule has 0 spiro atoms. The molecule has 0 bridgehead atoms. The number of aliphatic carboxylic acids is 1. The molecule has 1 atom stereocenters. The minimum absolute atomic E-state index is 0.143. The third-order valence-electron chi connectivity index (χ3n) is 3.57. The highest BCUT2D eigenvalue weighted by Crippen LogP contribution is 2.17. The van der Waals surface area contributed by atoms with Crippen LogP contribution in [0.4, 0.5) is 4.79 Å². The van der Waals surface area contributed by atoms with Gasteiger partial charge < -0.3 is 25.5 Å². The van der Waals surface area contributed by atoms with Gasteiger partial charge in [-0.05, 0) is 24.6 Å². The van der Waals surface area contributed by atoms with Gasteiger partial charge in [0, 0.05) is 12.6 Å². The number of ether oxygens (including phenoxy) is 1. The summed E-state index contributed by atoms with van der Waals surface area (Å²) in [5, 5.41) is 14.6. The van der Waals surface area contributed by atoms with Crippen molar-refractivity contribution in [3.63, 3.8) is 0 Å². The van der Waals surface area contributed by atoms with Crippen LogP contribution in [0.25, 0.3) is 0 Å². The molecule has 2 amide bonds. The number of aromatic nitrogens is 2. The molecule has 0 radical (unpaired) electrons. The van der Waals surface area contributed by atoms with Crippen molar-refractivity contribution >= 4 is 12.0 Å². The highest BCUT2D eigenvalue weighted by molar-refractivity contribution is 5.86. The number of urea groups is 1. The first-order valence-electron chi connectivity index (χ1n) is 7.32. The van der Waals surface area contributed by atoms with Crippen LogP contribution < -0.4 is 15.4 Å². The Labute approximate surface area is 139 Å². The number of nitrogens with zero attached hydrogens (tertiary/aromatic N) is 1. The first-order valence-corrected chi connectivity index (χ1v) is 7.32. The van der Waals surface area contributed by atoms with Crippen molar-refractivity contribution in [3.8, 4) is 5.75 Å². The highest BCUT2D eigenvalue weighted by Gasteiger charge is 2.35. The first-order chi connectivity index (χ1) is 11.4. The summed E-state index contributed by atoms with van der Waals surface area (Å²) in [6, 6.07) is 6.46. The lowest BCUT2D eigenvalue weighted by atomic mass is 9.93. The van der Waals surface area contributed by atoms with E-state index in [1.807, 2.05) is 0 Å². The first kappa shape index (κ1) is 17.3. The van der Waals surface area contributed by atoms with Gasteiger partial charge in [0.15, 0.2) is 0 Å². The molecule has 8 heteroatoms. The van der Waals surface area contributed by atoms with Gasteiger partial charge in [-0.3, -0.25) is 0 Å². The fraction of sp³-hybridized carbons (Fsp3) is 0.312. The maximum absolute atomic E-state index is 12.0. The molecule has 8 nitrogen and oxygen atoms in total. The summed E-state index contributed by atoms with van der Waals surface area (Å²) in [5.41, 5.74) is 0.0547. The monoisotopic (exact) mass is 332 g/mol. The fourth-order valence-corrected chi connectivity index (χ4v) is 2.18. The summed E-state index contributed by atoms with van der Waals surface area (Å²) in [6.07, 6.45) is 3.22. The molecule has 0 aliphatic heterocycles. The predicted molar refractivity (Wildman–Crippen MR) is 86.7 cm³/mol. The number of nitrogens with one attached hydrogen (secondary N) is 3. The minimum atomic E-state index is -1.44. The van der Waals surface area contributed by atoms with Crippen LogP contribution in [0.3, 0.4) is 0 Å². The molecular weight excluding hydrogens is 312 g/mol. The molecule has 24 heavy (non-hydrogen) atoms. The number of rotatable bonds is 7. The number of H-pyrrole nitrogens is 1. The number of carboxylic acids is 1. The lowest BCUT2D eigenvalue weighted by Crippen LogP contribution is -2.56. The quantitative estimate of drug-likeness (QED) is 0.610. The number of aromatic amines is 1. The average Bonchev–Trinajstić information content (AvgIpc) is 3.07. The molecule has 0 saturated heterocycles. The molecule has 0 aliphatic carbocycles. The van der Waals surface area contributed by atoms with Crippen LogP contribution in [0.15, 0.2) is 36.8 Å². The van der Waals surface area contributed by atoms with E-state index < -0.39 is 17.5 Å². The van der Waals surface area contributed by atoms with Crippen molar-refractivity contribution in [2.75, 3.05) is 7.11 Å². The number of carbonyl (C=O) groups excluding carboxylic acids is 1. The zero-order chi connectivity index (χ0) is 17.6. The van der Waals surface area contributed by atoms with E-state index in [1.54, 1.807) is 37.6 Å². The van der Waals surface area contributed by atoms with E-state index in [4.69, 9.17) is 4.74 Å². The summed E-state index contributed by atoms with van der Waals surface area (Å²) in [4.78, 5) is 30.3. The lowest BCUT2D eigenvalue weighted by molar-refractivity contribution is -0.143. The Balaban J connectivity index is 2.00. The van der Waals surface area contributed by atoms with Crippen molar-refractivity contribution < 1.29 is 19.4 Å². The number of imidazole rings is 1. The van der Waals surface area contributed by atoms with Gasteiger partial charge in [-0.25, -0.2) is 14.6 Å². The number of hydrogen-bond acceptors (Lipinski definition) is 4. The molecule has 0 aliphatic rings. The fourth-order valence-electron chi connectivity index (χ4n) is 2.18. The van der Waals surface area contributed by atoms with Gasteiger partial charge in [0.25, 0.3) is 0 Å². The number of amides is 2. The van der Waals surface area contributed by atoms with Crippen LogP contribution in [-0.2, 0) is 17.8 Å². The maximum atomic E-state index is 12.0. The lowest BCUT2D eigenvalue weighted by Gasteiger charge is -2.26. The maximum Gasteiger partial charge on any atom is 0.329 e. The summed E-state index contributed by atoms with van der Waals surface area (Å²) >= 11 is 0. The second-order valence-electron chi connectivity index (χ2n) is 5.55. The van der Waals surface area contributed by atoms with Crippen LogP contribution in [0.1, 0.15) is 18.2 Å². The molecule has 128 valence electrons. The third kappa shape index (κ3) is 4.48. The highest BCUT2D eigenvalue weighted by atomic mass is 16.5. The van der Waals surface area contributed by atoms with Gasteiger partial charge in [0.2, 0.25) is 0 Å². The molecule has 4 N–H and O–H groups in total. The van der Waals surface area contributed by atoms with Crippen LogP contribution in [0.2, 0.25) is 0 Å². The largest absolute Gasteiger partial charge is 0.497 e. The van der Waals surface area contributed by atoms with E-state index in [1.165, 1.54) is 13.3 Å². The Morgan fingerprint density at radius 3 is 2.58 bits per heavy atom. The molecule has 0 fully saturated rings. The smallest absolute Gasteiger partial charge is 0.329 e. The zero-order valence-electron chi connectivity index (χ0n) is 13.5. The Morgan fingerprint density at radius 2 is 2.04 bits per heavy atom. The van der Waals surface area contributed by atoms with E-state index in [9.17, 15) is 14.7 Å². The Hall–Kier alpha value is -3.03. The van der Waals surface area contributed by atoms with E-state index in [-0.39, 0.29) is 13.0 Å². The van der Waals surface area contributed by atoms with Crippen LogP contribution in [-0.4, -0.2) is 39.7 Å². The summed E-state index contributed by atoms with van der Waals surface area (Å²) in [7, 11) is 1.56. The van der Waals surface area contributed by atoms with Crippen molar-refractivity contribution in [1.82, 2.24) is 20.6 Å². The Morgan fingerprint density at radius 1 is 1.33 bits per heavy atom. The molecule has 1 aromatic carbocycles. The molecule has 2 aromatic rings. The number of benzene rings is 1. The molecule has 1 aromatic heterocycles. The number of carbonyl (C=O) groups is 2. The second-order valence-corrected chi connectivity index (χ2v) is 5.55. The van der Waals surface area contributed by atoms with Crippen LogP contribution in [0.5, 0.6) is 5.75 Å². The van der Waals surface area contributed by atoms with E-state index >= 15 is 0 Å². The van der Waals surface area contributed by atoms with Gasteiger partial charge in [0.05, 0.1) is 25.7 Å². The van der Waals surface area contributed by atoms with Crippen molar-refractivity contribution in [2.45, 2.75) is 25.4 Å². The summed E-state index contributed by atoms with van der Waals surface area (Å²) in [5.74, 6) is -0.434. The summed E-state index contributed by atoms with van der Waals surface area (Å²) in [6.45, 7) is 1.69. The second kappa shape index (κ2) is 7.49. The third-order valence-corrected chi connectivity index (χ3v) is 3.57. The molecule has 0 saturated carbocycles. The average molecular weight is 332 g/mol. The molecule has 1 heterocycles. The SMILES string of the molecule is COc1ccc(C[C@](C)(NC(=O)NCc2cnc[nH]2)C(=O)O)cc1. The topological polar surface area (TPSA) is 116 Å². The predicted octanol–water partition coefficient (Wildman–Crippen LogP) is 1.30. The Kier molecular flexibility index (Phi) is 5.41. The van der Waals surface area contributed by atoms with E-state index in [0.717, 1.165) is 11.3 Å². The van der Waals surface area contributed by atoms with Gasteiger partial charge in [0.1, 0.15) is 11.3 Å². The van der Waals surface area contributed by atoms with Crippen LogP contribution in [0, 0.1) is 0 Å². The van der Waals surface area contributed by atoms with Gasteiger partial charge in [-0.2, -0.15) is 0 Å². The van der Waals surface area contributed by atoms with Crippen molar-refractivity contribution in [1.29, 1.82) is 0 Å². The molecule has 2 rings (SSSR count). The molecule has 0 unspecified atom stereocenters. The minimum Gasteiger partial charge on any atom is -0.497 e. The van der Waals surface area contributed by atoms with Gasteiger partial charge >= 0.3 is 12.0 Å². The standard InChI is InChI=1S/C16H20N4O4/c1-16(14(21)22,7-11-3-5-13(24-2)6-4-11)20-15(23)18-9-12-8-17-10-19-12/h3-6,8,10H,7,9H2,1-2H3,(H,17,19)(H,21,22)(H2,18,20,23)/t16-/m0/s1. The number of hydrogen-bond donors (Lipinski definition) is 4. The Bertz CT molecular complexity index is 685. The summed E-state index contributed by atoms with van der Waals surface area (Å²) < 4.78 is 5.07. The normalized spacial score (nSPS) is 12.9. The van der Waals surface area contributed by atoms with Gasteiger partial charge in [-0.1, -0.05) is 12.1 Å². The van der Waals surface area contributed by atoms with E-state index in [0.29, 0.717) is 5.75 Å². The zero-order valence-corrected chi connectivity index (χ0v) is 13.5. The number of carboxylic acid groups (broad SMARTS) is 1. The van der Waals surface area contributed by atoms with Crippen molar-refractivity contribution in [2.24, 2.45) is 0 Å². The van der Waals surface area contributed by atoms with Crippen molar-refractivity contribution in [3.05, 3.63) is 48.0 Å².